The van der Waals surface area contributed by atoms with E-state index in [0.717, 1.165) is 14.4 Å². The fraction of sp³-hybridized carbons (Fsp3) is 0.154. The highest BCUT2D eigenvalue weighted by molar-refractivity contribution is 9.11. The molecule has 18 heavy (non-hydrogen) atoms. The van der Waals surface area contributed by atoms with Crippen LogP contribution in [-0.2, 0) is 0 Å². The van der Waals surface area contributed by atoms with Crippen molar-refractivity contribution in [2.45, 2.75) is 13.0 Å². The minimum Gasteiger partial charge on any atom is -0.508 e. The van der Waals surface area contributed by atoms with Gasteiger partial charge in [0.2, 0.25) is 0 Å². The lowest BCUT2D eigenvalue weighted by molar-refractivity contribution is 0.0979. The van der Waals surface area contributed by atoms with Gasteiger partial charge in [0.05, 0.1) is 14.7 Å². The van der Waals surface area contributed by atoms with Crippen molar-refractivity contribution in [1.29, 1.82) is 0 Å². The third-order valence-corrected chi connectivity index (χ3v) is 4.10. The molecule has 2 N–H and O–H groups in total. The second-order valence-corrected chi connectivity index (χ2v) is 6.34. The van der Waals surface area contributed by atoms with Gasteiger partial charge in [-0.1, -0.05) is 0 Å². The predicted molar refractivity (Wildman–Crippen MR) is 77.5 cm³/mol. The first-order valence-electron chi connectivity index (χ1n) is 5.41. The van der Waals surface area contributed by atoms with E-state index in [1.54, 1.807) is 24.3 Å². The van der Waals surface area contributed by atoms with Gasteiger partial charge in [0.15, 0.2) is 5.78 Å². The van der Waals surface area contributed by atoms with Crippen LogP contribution in [0.4, 0.5) is 5.69 Å². The number of ketones is 1. The third-order valence-electron chi connectivity index (χ3n) is 2.46. The minimum absolute atomic E-state index is 0.0544. The van der Waals surface area contributed by atoms with Gasteiger partial charge >= 0.3 is 0 Å². The number of thiophene rings is 1. The van der Waals surface area contributed by atoms with Crippen LogP contribution in [-0.4, -0.2) is 16.9 Å². The zero-order chi connectivity index (χ0) is 13.1. The first kappa shape index (κ1) is 13.1. The van der Waals surface area contributed by atoms with E-state index in [1.165, 1.54) is 11.3 Å². The smallest absolute Gasteiger partial charge is 0.194 e. The van der Waals surface area contributed by atoms with E-state index in [1.807, 2.05) is 19.1 Å². The summed E-state index contributed by atoms with van der Waals surface area (Å²) in [6.07, 6.45) is 0. The molecular weight excluding hydrogens is 314 g/mol. The van der Waals surface area contributed by atoms with Gasteiger partial charge < -0.3 is 10.4 Å². The van der Waals surface area contributed by atoms with E-state index in [4.69, 9.17) is 0 Å². The zero-order valence-corrected chi connectivity index (χ0v) is 12.1. The van der Waals surface area contributed by atoms with Crippen LogP contribution in [0.3, 0.4) is 0 Å². The predicted octanol–water partition coefficient (Wildman–Crippen LogP) is 3.90. The number of phenolic OH excluding ortho intramolecular Hbond substituents is 1. The van der Waals surface area contributed by atoms with Crippen molar-refractivity contribution in [3.63, 3.8) is 0 Å². The fourth-order valence-electron chi connectivity index (χ4n) is 1.53. The number of nitrogens with one attached hydrogen (secondary N) is 1. The lowest BCUT2D eigenvalue weighted by Gasteiger charge is -2.13. The molecule has 1 aromatic heterocycles. The molecule has 5 heteroatoms. The van der Waals surface area contributed by atoms with Crippen molar-refractivity contribution in [3.8, 4) is 5.75 Å². The Hall–Kier alpha value is -1.33. The Kier molecular flexibility index (Phi) is 4.04. The number of aromatic hydroxyl groups is 1. The maximum absolute atomic E-state index is 12.1. The van der Waals surface area contributed by atoms with Gasteiger partial charge in [-0.3, -0.25) is 4.79 Å². The summed E-state index contributed by atoms with van der Waals surface area (Å²) in [4.78, 5) is 12.8. The zero-order valence-electron chi connectivity index (χ0n) is 9.68. The number of hydrogen-bond donors (Lipinski definition) is 2. The molecule has 94 valence electrons. The Bertz CT molecular complexity index is 550. The minimum atomic E-state index is -0.305. The van der Waals surface area contributed by atoms with Crippen LogP contribution >= 0.6 is 27.3 Å². The maximum atomic E-state index is 12.1. The van der Waals surface area contributed by atoms with Gasteiger partial charge in [-0.25, -0.2) is 0 Å². The van der Waals surface area contributed by atoms with Crippen LogP contribution in [0.25, 0.3) is 0 Å². The summed E-state index contributed by atoms with van der Waals surface area (Å²) in [6, 6.07) is 10.0. The molecule has 0 fully saturated rings. The van der Waals surface area contributed by atoms with Gasteiger partial charge in [-0.05, 0) is 59.3 Å². The van der Waals surface area contributed by atoms with Gasteiger partial charge in [0.25, 0.3) is 0 Å². The van der Waals surface area contributed by atoms with Crippen molar-refractivity contribution in [2.24, 2.45) is 0 Å². The highest BCUT2D eigenvalue weighted by Gasteiger charge is 2.16. The average Bonchev–Trinajstić information content (AvgIpc) is 2.78. The van der Waals surface area contributed by atoms with Crippen molar-refractivity contribution in [2.75, 3.05) is 5.32 Å². The van der Waals surface area contributed by atoms with Crippen LogP contribution in [0.2, 0.25) is 0 Å². The normalized spacial score (nSPS) is 12.1. The summed E-state index contributed by atoms with van der Waals surface area (Å²) in [6.45, 7) is 1.82. The highest BCUT2D eigenvalue weighted by Crippen LogP contribution is 2.24. The molecule has 1 unspecified atom stereocenters. The molecule has 0 aliphatic heterocycles. The van der Waals surface area contributed by atoms with Gasteiger partial charge in [0.1, 0.15) is 5.75 Å². The van der Waals surface area contributed by atoms with Gasteiger partial charge in [-0.15, -0.1) is 11.3 Å². The van der Waals surface area contributed by atoms with Crippen LogP contribution in [0.5, 0.6) is 5.75 Å². The standard InChI is InChI=1S/C13H12BrNO2S/c1-8(13(17)11-6-7-12(14)18-11)15-9-2-4-10(16)5-3-9/h2-8,15-16H,1H3. The summed E-state index contributed by atoms with van der Waals surface area (Å²) in [7, 11) is 0. The summed E-state index contributed by atoms with van der Waals surface area (Å²) in [5, 5.41) is 12.3. The highest BCUT2D eigenvalue weighted by atomic mass is 79.9. The Labute approximate surface area is 118 Å². The molecule has 0 saturated carbocycles. The molecule has 1 aromatic carbocycles. The Morgan fingerprint density at radius 2 is 1.94 bits per heavy atom. The molecule has 0 aliphatic carbocycles. The van der Waals surface area contributed by atoms with Gasteiger partial charge in [0, 0.05) is 5.69 Å². The number of phenols is 1. The summed E-state index contributed by atoms with van der Waals surface area (Å²) in [5.74, 6) is 0.264. The largest absolute Gasteiger partial charge is 0.508 e. The Morgan fingerprint density at radius 3 is 2.50 bits per heavy atom. The SMILES string of the molecule is CC(Nc1ccc(O)cc1)C(=O)c1ccc(Br)s1. The number of rotatable bonds is 4. The lowest BCUT2D eigenvalue weighted by atomic mass is 10.1. The van der Waals surface area contributed by atoms with Crippen LogP contribution in [0, 0.1) is 0 Å². The molecule has 3 nitrogen and oxygen atoms in total. The molecule has 1 atom stereocenters. The number of anilines is 1. The van der Waals surface area contributed by atoms with Crippen molar-refractivity contribution in [3.05, 3.63) is 45.1 Å². The second-order valence-electron chi connectivity index (χ2n) is 3.88. The molecule has 2 aromatic rings. The number of benzene rings is 1. The van der Waals surface area contributed by atoms with Crippen molar-refractivity contribution < 1.29 is 9.90 Å². The molecule has 0 amide bonds. The third kappa shape index (κ3) is 3.11. The van der Waals surface area contributed by atoms with E-state index in [9.17, 15) is 9.90 Å². The molecule has 0 saturated heterocycles. The van der Waals surface area contributed by atoms with Crippen molar-refractivity contribution >= 4 is 38.7 Å². The molecule has 0 bridgehead atoms. The molecule has 0 aliphatic rings. The van der Waals surface area contributed by atoms with Crippen molar-refractivity contribution in [1.82, 2.24) is 0 Å². The quantitative estimate of drug-likeness (QED) is 0.662. The number of halogens is 1. The summed E-state index contributed by atoms with van der Waals surface area (Å²) < 4.78 is 0.947. The second kappa shape index (κ2) is 5.54. The Balaban J connectivity index is 2.05. The maximum Gasteiger partial charge on any atom is 0.194 e. The fourth-order valence-corrected chi connectivity index (χ4v) is 2.95. The first-order chi connectivity index (χ1) is 8.56. The number of Topliss-reactive ketones (excluding diaryl/α,β-unsaturated/α-hetero) is 1. The molecular formula is C13H12BrNO2S. The molecule has 2 rings (SSSR count). The average molecular weight is 326 g/mol. The topological polar surface area (TPSA) is 49.3 Å². The Morgan fingerprint density at radius 1 is 1.28 bits per heavy atom. The first-order valence-corrected chi connectivity index (χ1v) is 7.02. The van der Waals surface area contributed by atoms with E-state index in [0.29, 0.717) is 0 Å². The number of hydrogen-bond acceptors (Lipinski definition) is 4. The number of carbonyl (C=O) groups is 1. The lowest BCUT2D eigenvalue weighted by Crippen LogP contribution is -2.25. The molecule has 0 spiro atoms. The monoisotopic (exact) mass is 325 g/mol. The van der Waals surface area contributed by atoms with Crippen LogP contribution in [0.15, 0.2) is 40.2 Å². The summed E-state index contributed by atoms with van der Waals surface area (Å²) in [5.41, 5.74) is 0.810. The van der Waals surface area contributed by atoms with Crippen LogP contribution < -0.4 is 5.32 Å². The van der Waals surface area contributed by atoms with E-state index in [-0.39, 0.29) is 17.6 Å². The van der Waals surface area contributed by atoms with E-state index >= 15 is 0 Å². The summed E-state index contributed by atoms with van der Waals surface area (Å²) >= 11 is 4.77. The van der Waals surface area contributed by atoms with Gasteiger partial charge in [-0.2, -0.15) is 0 Å². The van der Waals surface area contributed by atoms with Crippen LogP contribution in [0.1, 0.15) is 16.6 Å². The molecule has 1 heterocycles. The van der Waals surface area contributed by atoms with E-state index < -0.39 is 0 Å². The van der Waals surface area contributed by atoms with E-state index in [2.05, 4.69) is 21.2 Å². The molecule has 0 radical (unpaired) electrons. The number of carbonyl (C=O) groups excluding carboxylic acids is 1.